The van der Waals surface area contributed by atoms with Crippen LogP contribution in [0.15, 0.2) is 0 Å². The molecule has 0 saturated carbocycles. The van der Waals surface area contributed by atoms with Crippen LogP contribution in [0.1, 0.15) is 26.7 Å². The number of nitrogens with zero attached hydrogens (tertiary/aromatic N) is 1. The van der Waals surface area contributed by atoms with Crippen molar-refractivity contribution in [3.05, 3.63) is 0 Å². The van der Waals surface area contributed by atoms with E-state index in [4.69, 9.17) is 9.84 Å². The fourth-order valence-corrected chi connectivity index (χ4v) is 2.19. The summed E-state index contributed by atoms with van der Waals surface area (Å²) in [6, 6.07) is -0.842. The normalized spacial score (nSPS) is 19.4. The van der Waals surface area contributed by atoms with Crippen LogP contribution in [-0.2, 0) is 14.3 Å². The minimum Gasteiger partial charge on any atom is -0.479 e. The minimum atomic E-state index is -1.14. The number of hydrogen-bond acceptors (Lipinski definition) is 4. The van der Waals surface area contributed by atoms with E-state index in [-0.39, 0.29) is 24.5 Å². The zero-order valence-corrected chi connectivity index (χ0v) is 12.6. The highest BCUT2D eigenvalue weighted by Crippen LogP contribution is 2.17. The fourth-order valence-electron chi connectivity index (χ4n) is 2.19. The van der Waals surface area contributed by atoms with Crippen molar-refractivity contribution >= 4 is 17.9 Å². The molecule has 1 rings (SSSR count). The van der Waals surface area contributed by atoms with E-state index < -0.39 is 18.1 Å². The molecule has 1 saturated heterocycles. The molecular weight excluding hydrogens is 278 g/mol. The van der Waals surface area contributed by atoms with Crippen LogP contribution in [-0.4, -0.2) is 66.3 Å². The van der Waals surface area contributed by atoms with Gasteiger partial charge in [-0.15, -0.1) is 0 Å². The van der Waals surface area contributed by atoms with Crippen LogP contribution in [0.3, 0.4) is 0 Å². The molecule has 1 fully saturated rings. The molecule has 8 heteroatoms. The van der Waals surface area contributed by atoms with Gasteiger partial charge in [0.05, 0.1) is 6.54 Å². The van der Waals surface area contributed by atoms with Gasteiger partial charge in [0.15, 0.2) is 6.10 Å². The third-order valence-corrected chi connectivity index (χ3v) is 3.25. The van der Waals surface area contributed by atoms with Gasteiger partial charge in [0.1, 0.15) is 6.04 Å². The lowest BCUT2D eigenvalue weighted by molar-refractivity contribution is -0.148. The van der Waals surface area contributed by atoms with E-state index in [1.165, 1.54) is 12.0 Å². The summed E-state index contributed by atoms with van der Waals surface area (Å²) in [5.74, 6) is -1.49. The van der Waals surface area contributed by atoms with Gasteiger partial charge in [0, 0.05) is 19.7 Å². The van der Waals surface area contributed by atoms with Gasteiger partial charge >= 0.3 is 12.0 Å². The Bertz CT molecular complexity index is 399. The third kappa shape index (κ3) is 4.89. The van der Waals surface area contributed by atoms with Crippen molar-refractivity contribution in [1.82, 2.24) is 15.5 Å². The molecule has 21 heavy (non-hydrogen) atoms. The molecule has 1 aliphatic rings. The standard InChI is InChI=1S/C13H23N3O5/c1-8(2)15-13(20)16-6-4-5-9(16)11(17)14-7-10(21-3)12(18)19/h8-10H,4-7H2,1-3H3,(H,14,17)(H,15,20)(H,18,19)/t9-,10?/m0/s1. The first-order chi connectivity index (χ1) is 9.86. The second-order valence-corrected chi connectivity index (χ2v) is 5.26. The van der Waals surface area contributed by atoms with Crippen LogP contribution in [0, 0.1) is 0 Å². The number of methoxy groups -OCH3 is 1. The second-order valence-electron chi connectivity index (χ2n) is 5.26. The molecule has 0 bridgehead atoms. The van der Waals surface area contributed by atoms with Gasteiger partial charge in [-0.05, 0) is 26.7 Å². The number of urea groups is 1. The number of amides is 3. The van der Waals surface area contributed by atoms with Crippen LogP contribution in [0.4, 0.5) is 4.79 Å². The summed E-state index contributed by atoms with van der Waals surface area (Å²) >= 11 is 0. The number of carbonyl (C=O) groups is 3. The summed E-state index contributed by atoms with van der Waals surface area (Å²) in [5, 5.41) is 14.1. The quantitative estimate of drug-likeness (QED) is 0.629. The van der Waals surface area contributed by atoms with E-state index in [2.05, 4.69) is 10.6 Å². The molecule has 3 N–H and O–H groups in total. The van der Waals surface area contributed by atoms with Crippen LogP contribution in [0.5, 0.6) is 0 Å². The van der Waals surface area contributed by atoms with E-state index in [0.717, 1.165) is 6.42 Å². The molecule has 120 valence electrons. The topological polar surface area (TPSA) is 108 Å². The van der Waals surface area contributed by atoms with E-state index >= 15 is 0 Å². The summed E-state index contributed by atoms with van der Waals surface area (Å²) in [4.78, 5) is 36.4. The molecule has 1 heterocycles. The van der Waals surface area contributed by atoms with Gasteiger partial charge in [-0.3, -0.25) is 4.79 Å². The lowest BCUT2D eigenvalue weighted by Crippen LogP contribution is -2.52. The van der Waals surface area contributed by atoms with Crippen LogP contribution in [0.25, 0.3) is 0 Å². The molecular formula is C13H23N3O5. The van der Waals surface area contributed by atoms with Crippen molar-refractivity contribution in [2.75, 3.05) is 20.2 Å². The van der Waals surface area contributed by atoms with Crippen molar-refractivity contribution in [1.29, 1.82) is 0 Å². The van der Waals surface area contributed by atoms with Gasteiger partial charge in [-0.25, -0.2) is 9.59 Å². The van der Waals surface area contributed by atoms with Gasteiger partial charge in [0.25, 0.3) is 0 Å². The smallest absolute Gasteiger partial charge is 0.334 e. The fraction of sp³-hybridized carbons (Fsp3) is 0.769. The maximum absolute atomic E-state index is 12.1. The highest BCUT2D eigenvalue weighted by molar-refractivity contribution is 5.88. The molecule has 0 aromatic heterocycles. The number of nitrogens with one attached hydrogen (secondary N) is 2. The first-order valence-corrected chi connectivity index (χ1v) is 6.97. The second kappa shape index (κ2) is 7.82. The summed E-state index contributed by atoms with van der Waals surface area (Å²) in [5.41, 5.74) is 0. The number of aliphatic carboxylic acids is 1. The summed E-state index contributed by atoms with van der Waals surface area (Å²) in [6.45, 7) is 4.09. The van der Waals surface area contributed by atoms with Gasteiger partial charge in [-0.1, -0.05) is 0 Å². The van der Waals surface area contributed by atoms with Crippen molar-refractivity contribution in [3.8, 4) is 0 Å². The predicted molar refractivity (Wildman–Crippen MR) is 74.8 cm³/mol. The number of carbonyl (C=O) groups excluding carboxylic acids is 2. The molecule has 8 nitrogen and oxygen atoms in total. The first-order valence-electron chi connectivity index (χ1n) is 6.97. The van der Waals surface area contributed by atoms with Crippen LogP contribution >= 0.6 is 0 Å². The van der Waals surface area contributed by atoms with E-state index in [1.54, 1.807) is 0 Å². The molecule has 1 aliphatic heterocycles. The average molecular weight is 301 g/mol. The Morgan fingerprint density at radius 1 is 1.38 bits per heavy atom. The van der Waals surface area contributed by atoms with Crippen molar-refractivity contribution in [2.24, 2.45) is 0 Å². The number of rotatable bonds is 6. The first kappa shape index (κ1) is 17.2. The Hall–Kier alpha value is -1.83. The summed E-state index contributed by atoms with van der Waals surface area (Å²) < 4.78 is 4.74. The zero-order chi connectivity index (χ0) is 16.0. The maximum atomic E-state index is 12.1. The lowest BCUT2D eigenvalue weighted by Gasteiger charge is -2.25. The third-order valence-electron chi connectivity index (χ3n) is 3.25. The maximum Gasteiger partial charge on any atom is 0.334 e. The number of likely N-dealkylation sites (tertiary alicyclic amines) is 1. The molecule has 3 amide bonds. The van der Waals surface area contributed by atoms with Crippen molar-refractivity contribution in [3.63, 3.8) is 0 Å². The largest absolute Gasteiger partial charge is 0.479 e. The number of carboxylic acids is 1. The van der Waals surface area contributed by atoms with E-state index in [9.17, 15) is 14.4 Å². The van der Waals surface area contributed by atoms with E-state index in [0.29, 0.717) is 13.0 Å². The summed E-state index contributed by atoms with van der Waals surface area (Å²) in [6.07, 6.45) is 0.228. The molecule has 0 aromatic carbocycles. The Kier molecular flexibility index (Phi) is 6.41. The average Bonchev–Trinajstić information content (AvgIpc) is 2.87. The number of carboxylic acid groups (broad SMARTS) is 1. The Morgan fingerprint density at radius 2 is 2.05 bits per heavy atom. The zero-order valence-electron chi connectivity index (χ0n) is 12.6. The summed E-state index contributed by atoms with van der Waals surface area (Å²) in [7, 11) is 1.27. The van der Waals surface area contributed by atoms with Gasteiger partial charge < -0.3 is 25.4 Å². The molecule has 0 spiro atoms. The molecule has 0 aliphatic carbocycles. The molecule has 2 atom stereocenters. The van der Waals surface area contributed by atoms with Crippen molar-refractivity contribution in [2.45, 2.75) is 44.9 Å². The monoisotopic (exact) mass is 301 g/mol. The minimum absolute atomic E-state index is 0.00769. The predicted octanol–water partition coefficient (Wildman–Crippen LogP) is -0.215. The molecule has 1 unspecified atom stereocenters. The van der Waals surface area contributed by atoms with Gasteiger partial charge in [0.2, 0.25) is 5.91 Å². The van der Waals surface area contributed by atoms with Crippen LogP contribution < -0.4 is 10.6 Å². The molecule has 0 aromatic rings. The highest BCUT2D eigenvalue weighted by atomic mass is 16.5. The van der Waals surface area contributed by atoms with E-state index in [1.807, 2.05) is 13.8 Å². The van der Waals surface area contributed by atoms with Crippen molar-refractivity contribution < 1.29 is 24.2 Å². The number of hydrogen-bond donors (Lipinski definition) is 3. The SMILES string of the molecule is COC(CNC(=O)[C@@H]1CCCN1C(=O)NC(C)C)C(=O)O. The Labute approximate surface area is 123 Å². The Balaban J connectivity index is 2.56. The Morgan fingerprint density at radius 3 is 2.57 bits per heavy atom. The van der Waals surface area contributed by atoms with Gasteiger partial charge in [-0.2, -0.15) is 0 Å². The lowest BCUT2D eigenvalue weighted by atomic mass is 10.2. The number of ether oxygens (including phenoxy) is 1. The highest BCUT2D eigenvalue weighted by Gasteiger charge is 2.34. The molecule has 0 radical (unpaired) electrons. The van der Waals surface area contributed by atoms with Crippen LogP contribution in [0.2, 0.25) is 0 Å².